The van der Waals surface area contributed by atoms with Crippen LogP contribution in [0.25, 0.3) is 0 Å². The van der Waals surface area contributed by atoms with Crippen LogP contribution in [0.4, 0.5) is 0 Å². The summed E-state index contributed by atoms with van der Waals surface area (Å²) >= 11 is 0. The van der Waals surface area contributed by atoms with Gasteiger partial charge in [0.2, 0.25) is 0 Å². The number of esters is 1. The quantitative estimate of drug-likeness (QED) is 0.382. The fourth-order valence-corrected chi connectivity index (χ4v) is 3.15. The van der Waals surface area contributed by atoms with Gasteiger partial charge in [0, 0.05) is 0 Å². The van der Waals surface area contributed by atoms with E-state index in [4.69, 9.17) is 4.74 Å². The van der Waals surface area contributed by atoms with Crippen molar-refractivity contribution < 1.29 is 38.0 Å². The van der Waals surface area contributed by atoms with E-state index in [0.717, 1.165) is 30.4 Å². The van der Waals surface area contributed by atoms with Gasteiger partial charge in [-0.2, -0.15) is 0 Å². The summed E-state index contributed by atoms with van der Waals surface area (Å²) in [5, 5.41) is 0. The van der Waals surface area contributed by atoms with Crippen LogP contribution < -0.4 is 24.0 Å². The summed E-state index contributed by atoms with van der Waals surface area (Å²) in [4.78, 5) is 11.9. The monoisotopic (exact) mass is 367 g/mol. The van der Waals surface area contributed by atoms with Crippen molar-refractivity contribution in [3.8, 4) is 0 Å². The fraction of sp³-hybridized carbons (Fsp3) is 0.929. The van der Waals surface area contributed by atoms with E-state index in [2.05, 4.69) is 7.05 Å². The number of likely N-dealkylation sites (N-methyl/N-ethyl adjacent to an activating group) is 1. The van der Waals surface area contributed by atoms with Crippen LogP contribution in [0.2, 0.25) is 0 Å². The van der Waals surface area contributed by atoms with E-state index < -0.39 is 0 Å². The molecule has 106 valence electrons. The van der Waals surface area contributed by atoms with Crippen molar-refractivity contribution in [2.45, 2.75) is 57.5 Å². The lowest BCUT2D eigenvalue weighted by atomic mass is 9.98. The summed E-state index contributed by atoms with van der Waals surface area (Å²) in [5.74, 6) is 0.0290. The maximum Gasteiger partial charge on any atom is 0.362 e. The fourth-order valence-electron chi connectivity index (χ4n) is 3.15. The first-order valence-electron chi connectivity index (χ1n) is 7.21. The van der Waals surface area contributed by atoms with Crippen molar-refractivity contribution >= 4 is 5.97 Å². The molecule has 1 saturated carbocycles. The van der Waals surface area contributed by atoms with Crippen LogP contribution in [0.15, 0.2) is 0 Å². The number of halogens is 1. The molecule has 1 aliphatic heterocycles. The summed E-state index contributed by atoms with van der Waals surface area (Å²) in [7, 11) is 2.20. The highest BCUT2D eigenvalue weighted by Gasteiger charge is 2.29. The highest BCUT2D eigenvalue weighted by atomic mass is 127. The number of carbonyl (C=O) groups is 1. The minimum absolute atomic E-state index is 0. The van der Waals surface area contributed by atoms with Crippen molar-refractivity contribution in [1.29, 1.82) is 0 Å². The van der Waals surface area contributed by atoms with Gasteiger partial charge in [0.25, 0.3) is 0 Å². The number of hydrogen-bond donors (Lipinski definition) is 0. The lowest BCUT2D eigenvalue weighted by Crippen LogP contribution is -3.00. The van der Waals surface area contributed by atoms with Gasteiger partial charge >= 0.3 is 5.97 Å². The van der Waals surface area contributed by atoms with E-state index in [0.29, 0.717) is 6.54 Å². The predicted octanol–water partition coefficient (Wildman–Crippen LogP) is -0.503. The number of nitrogens with zero attached hydrogens (tertiary/aromatic N) is 1. The molecule has 1 heterocycles. The molecule has 18 heavy (non-hydrogen) atoms. The van der Waals surface area contributed by atoms with Gasteiger partial charge < -0.3 is 33.2 Å². The first kappa shape index (κ1) is 16.2. The molecule has 0 radical (unpaired) electrons. The Morgan fingerprint density at radius 3 is 2.22 bits per heavy atom. The molecule has 0 bridgehead atoms. The van der Waals surface area contributed by atoms with Gasteiger partial charge in [-0.05, 0) is 44.9 Å². The third-order valence-electron chi connectivity index (χ3n) is 4.26. The van der Waals surface area contributed by atoms with Crippen LogP contribution in [0.1, 0.15) is 51.4 Å². The van der Waals surface area contributed by atoms with Crippen LogP contribution in [0, 0.1) is 0 Å². The zero-order valence-electron chi connectivity index (χ0n) is 11.5. The largest absolute Gasteiger partial charge is 1.00 e. The molecule has 2 rings (SSSR count). The van der Waals surface area contributed by atoms with E-state index in [1.165, 1.54) is 38.5 Å². The van der Waals surface area contributed by atoms with Gasteiger partial charge in [0.1, 0.15) is 6.10 Å². The average molecular weight is 367 g/mol. The van der Waals surface area contributed by atoms with Crippen LogP contribution in [-0.4, -0.2) is 43.2 Å². The lowest BCUT2D eigenvalue weighted by molar-refractivity contribution is -0.907. The Balaban J connectivity index is 0.00000162. The molecule has 0 N–H and O–H groups in total. The Morgan fingerprint density at radius 1 is 1.06 bits per heavy atom. The van der Waals surface area contributed by atoms with E-state index in [-0.39, 0.29) is 36.0 Å². The molecule has 1 saturated heterocycles. The topological polar surface area (TPSA) is 26.3 Å². The molecule has 0 aromatic heterocycles. The van der Waals surface area contributed by atoms with Gasteiger partial charge in [-0.15, -0.1) is 0 Å². The molecule has 4 heteroatoms. The maximum atomic E-state index is 11.9. The summed E-state index contributed by atoms with van der Waals surface area (Å²) in [6.07, 6.45) is 9.97. The van der Waals surface area contributed by atoms with E-state index in [1.54, 1.807) is 0 Å². The van der Waals surface area contributed by atoms with Gasteiger partial charge in [-0.1, -0.05) is 6.42 Å². The summed E-state index contributed by atoms with van der Waals surface area (Å²) in [5.41, 5.74) is 0. The highest BCUT2D eigenvalue weighted by molar-refractivity contribution is 5.70. The maximum absolute atomic E-state index is 11.9. The Labute approximate surface area is 128 Å². The molecular weight excluding hydrogens is 341 g/mol. The SMILES string of the molecule is C[N+]1(CC(=O)OC2CCCCC2)CCCCC1.[I-]. The first-order chi connectivity index (χ1) is 8.18. The molecule has 0 aromatic rings. The number of likely N-dealkylation sites (tertiary alicyclic amines) is 1. The average Bonchev–Trinajstić information content (AvgIpc) is 2.30. The molecule has 0 aromatic carbocycles. The second kappa shape index (κ2) is 7.68. The van der Waals surface area contributed by atoms with Gasteiger partial charge in [-0.25, -0.2) is 4.79 Å². The van der Waals surface area contributed by atoms with Crippen LogP contribution in [-0.2, 0) is 9.53 Å². The molecule has 0 atom stereocenters. The molecule has 3 nitrogen and oxygen atoms in total. The smallest absolute Gasteiger partial charge is 0.362 e. The second-order valence-electron chi connectivity index (χ2n) is 6.04. The third-order valence-corrected chi connectivity index (χ3v) is 4.26. The Hall–Kier alpha value is 0.160. The van der Waals surface area contributed by atoms with Crippen LogP contribution in [0.5, 0.6) is 0 Å². The molecule has 1 aliphatic carbocycles. The number of quaternary nitrogens is 1. The Morgan fingerprint density at radius 2 is 1.61 bits per heavy atom. The molecule has 2 aliphatic rings. The molecule has 0 spiro atoms. The van der Waals surface area contributed by atoms with E-state index in [9.17, 15) is 4.79 Å². The van der Waals surface area contributed by atoms with E-state index >= 15 is 0 Å². The van der Waals surface area contributed by atoms with Gasteiger partial charge in [0.15, 0.2) is 6.54 Å². The van der Waals surface area contributed by atoms with E-state index in [1.807, 2.05) is 0 Å². The standard InChI is InChI=1S/C14H26NO2.HI/c1-15(10-6-3-7-11-15)12-14(16)17-13-8-4-2-5-9-13;/h13H,2-12H2,1H3;1H/q+1;/p-1. The van der Waals surface area contributed by atoms with Crippen molar-refractivity contribution in [3.05, 3.63) is 0 Å². The van der Waals surface area contributed by atoms with Crippen molar-refractivity contribution in [2.75, 3.05) is 26.7 Å². The molecule has 0 unspecified atom stereocenters. The van der Waals surface area contributed by atoms with Crippen molar-refractivity contribution in [3.63, 3.8) is 0 Å². The normalized spacial score (nSPS) is 24.1. The summed E-state index contributed by atoms with van der Waals surface area (Å²) in [6.45, 7) is 2.86. The third kappa shape index (κ3) is 5.03. The lowest BCUT2D eigenvalue weighted by Gasteiger charge is -2.37. The zero-order valence-corrected chi connectivity index (χ0v) is 13.7. The predicted molar refractivity (Wildman–Crippen MR) is 67.6 cm³/mol. The Kier molecular flexibility index (Phi) is 6.92. The first-order valence-corrected chi connectivity index (χ1v) is 7.21. The van der Waals surface area contributed by atoms with Gasteiger partial charge in [-0.3, -0.25) is 0 Å². The summed E-state index contributed by atoms with van der Waals surface area (Å²) in [6, 6.07) is 0. The van der Waals surface area contributed by atoms with Crippen LogP contribution >= 0.6 is 0 Å². The van der Waals surface area contributed by atoms with Crippen LogP contribution in [0.3, 0.4) is 0 Å². The molecule has 0 amide bonds. The Bertz CT molecular complexity index is 259. The minimum atomic E-state index is 0. The van der Waals surface area contributed by atoms with Crippen molar-refractivity contribution in [2.24, 2.45) is 0 Å². The number of piperidine rings is 1. The number of carbonyl (C=O) groups excluding carboxylic acids is 1. The highest BCUT2D eigenvalue weighted by Crippen LogP contribution is 2.21. The minimum Gasteiger partial charge on any atom is -1.00 e. The molecular formula is C14H26INO2. The van der Waals surface area contributed by atoms with Gasteiger partial charge in [0.05, 0.1) is 20.1 Å². The zero-order chi connectivity index (χ0) is 12.1. The van der Waals surface area contributed by atoms with Crippen molar-refractivity contribution in [1.82, 2.24) is 0 Å². The number of rotatable bonds is 3. The number of ether oxygens (including phenoxy) is 1. The number of hydrogen-bond acceptors (Lipinski definition) is 2. The second-order valence-corrected chi connectivity index (χ2v) is 6.04. The molecule has 2 fully saturated rings. The summed E-state index contributed by atoms with van der Waals surface area (Å²) < 4.78 is 6.50.